The van der Waals surface area contributed by atoms with Crippen molar-refractivity contribution in [1.29, 1.82) is 0 Å². The maximum Gasteiger partial charge on any atom is 0.416 e. The first kappa shape index (κ1) is 20.4. The maximum absolute atomic E-state index is 12.8. The van der Waals surface area contributed by atoms with Crippen LogP contribution in [0.25, 0.3) is 22.3 Å². The van der Waals surface area contributed by atoms with Crippen molar-refractivity contribution in [3.63, 3.8) is 0 Å². The average molecular weight is 423 g/mol. The van der Waals surface area contributed by atoms with Crippen molar-refractivity contribution in [1.82, 2.24) is 0 Å². The summed E-state index contributed by atoms with van der Waals surface area (Å²) in [4.78, 5) is 24.8. The third kappa shape index (κ3) is 4.35. The van der Waals surface area contributed by atoms with Gasteiger partial charge in [-0.2, -0.15) is 13.2 Å². The molecule has 4 rings (SSSR count). The molecule has 0 saturated heterocycles. The summed E-state index contributed by atoms with van der Waals surface area (Å²) in [5.41, 5.74) is 1.27. The number of hydrogen-bond acceptors (Lipinski definition) is 3. The zero-order valence-electron chi connectivity index (χ0n) is 16.3. The van der Waals surface area contributed by atoms with E-state index >= 15 is 0 Å². The molecule has 0 aliphatic heterocycles. The number of nitrogens with one attached hydrogen (secondary N) is 1. The van der Waals surface area contributed by atoms with Gasteiger partial charge in [0.2, 0.25) is 0 Å². The first-order chi connectivity index (χ1) is 14.7. The van der Waals surface area contributed by atoms with Crippen molar-refractivity contribution in [2.45, 2.75) is 13.1 Å². The summed E-state index contributed by atoms with van der Waals surface area (Å²) in [7, 11) is 0. The van der Waals surface area contributed by atoms with E-state index in [1.165, 1.54) is 30.3 Å². The summed E-state index contributed by atoms with van der Waals surface area (Å²) in [6.45, 7) is 1.88. The van der Waals surface area contributed by atoms with Gasteiger partial charge >= 0.3 is 6.18 Å². The molecule has 0 spiro atoms. The van der Waals surface area contributed by atoms with Crippen LogP contribution in [0, 0.1) is 6.92 Å². The minimum atomic E-state index is -4.50. The van der Waals surface area contributed by atoms with Crippen LogP contribution in [-0.4, -0.2) is 5.91 Å². The van der Waals surface area contributed by atoms with E-state index in [4.69, 9.17) is 4.42 Å². The molecule has 1 aromatic heterocycles. The minimum Gasteiger partial charge on any atom is -0.456 e. The summed E-state index contributed by atoms with van der Waals surface area (Å²) in [6.07, 6.45) is -4.50. The second-order valence-electron chi connectivity index (χ2n) is 7.08. The van der Waals surface area contributed by atoms with Crippen LogP contribution in [-0.2, 0) is 6.18 Å². The molecular formula is C24H16F3NO3. The molecule has 1 N–H and O–H groups in total. The maximum atomic E-state index is 12.8. The molecule has 31 heavy (non-hydrogen) atoms. The molecule has 0 aliphatic carbocycles. The highest BCUT2D eigenvalue weighted by Crippen LogP contribution is 2.31. The van der Waals surface area contributed by atoms with Gasteiger partial charge in [0.25, 0.3) is 5.91 Å². The van der Waals surface area contributed by atoms with Gasteiger partial charge in [0.1, 0.15) is 11.3 Å². The van der Waals surface area contributed by atoms with Crippen LogP contribution in [0.15, 0.2) is 82.0 Å². The number of hydrogen-bond donors (Lipinski definition) is 1. The number of alkyl halides is 3. The Balaban J connectivity index is 1.57. The average Bonchev–Trinajstić information content (AvgIpc) is 2.74. The number of carbonyl (C=O) groups is 1. The van der Waals surface area contributed by atoms with Crippen molar-refractivity contribution in [2.24, 2.45) is 0 Å². The highest BCUT2D eigenvalue weighted by molar-refractivity contribution is 6.04. The Bertz CT molecular complexity index is 1340. The molecule has 7 heteroatoms. The molecule has 156 valence electrons. The molecule has 0 fully saturated rings. The highest BCUT2D eigenvalue weighted by atomic mass is 19.4. The van der Waals surface area contributed by atoms with Gasteiger partial charge < -0.3 is 9.73 Å². The second kappa shape index (κ2) is 7.75. The van der Waals surface area contributed by atoms with E-state index < -0.39 is 17.6 Å². The van der Waals surface area contributed by atoms with E-state index in [0.29, 0.717) is 22.3 Å². The first-order valence-electron chi connectivity index (χ1n) is 9.34. The standard InChI is InChI=1S/C24H16F3NO3/c1-14-5-10-21-19(11-14)20(29)13-22(31-21)15-6-8-16(9-7-15)23(30)28-18-4-2-3-17(12-18)24(25,26)27/h2-13H,1H3,(H,28,30). The quantitative estimate of drug-likeness (QED) is 0.437. The zero-order chi connectivity index (χ0) is 22.2. The van der Waals surface area contributed by atoms with E-state index in [9.17, 15) is 22.8 Å². The summed E-state index contributed by atoms with van der Waals surface area (Å²) in [5.74, 6) is -0.201. The SMILES string of the molecule is Cc1ccc2oc(-c3ccc(C(=O)Nc4cccc(C(F)(F)F)c4)cc3)cc(=O)c2c1. The molecule has 1 heterocycles. The van der Waals surface area contributed by atoms with Crippen LogP contribution in [0.3, 0.4) is 0 Å². The van der Waals surface area contributed by atoms with Gasteiger partial charge in [0.15, 0.2) is 5.43 Å². The lowest BCUT2D eigenvalue weighted by atomic mass is 10.1. The number of amides is 1. The minimum absolute atomic E-state index is 0.0414. The summed E-state index contributed by atoms with van der Waals surface area (Å²) in [5, 5.41) is 2.94. The second-order valence-corrected chi connectivity index (χ2v) is 7.08. The lowest BCUT2D eigenvalue weighted by Crippen LogP contribution is -2.13. The molecule has 0 atom stereocenters. The number of halogens is 3. The monoisotopic (exact) mass is 423 g/mol. The molecule has 4 nitrogen and oxygen atoms in total. The highest BCUT2D eigenvalue weighted by Gasteiger charge is 2.30. The third-order valence-corrected chi connectivity index (χ3v) is 4.76. The summed E-state index contributed by atoms with van der Waals surface area (Å²) in [6, 6.07) is 17.4. The van der Waals surface area contributed by atoms with Crippen molar-refractivity contribution in [2.75, 3.05) is 5.32 Å². The van der Waals surface area contributed by atoms with Gasteiger partial charge in [-0.15, -0.1) is 0 Å². The molecule has 1 amide bonds. The van der Waals surface area contributed by atoms with Crippen LogP contribution in [0.2, 0.25) is 0 Å². The molecule has 3 aromatic carbocycles. The van der Waals surface area contributed by atoms with Crippen LogP contribution in [0.5, 0.6) is 0 Å². The van der Waals surface area contributed by atoms with Gasteiger partial charge in [-0.25, -0.2) is 0 Å². The Morgan fingerprint density at radius 3 is 2.39 bits per heavy atom. The fraction of sp³-hybridized carbons (Fsp3) is 0.0833. The molecule has 0 unspecified atom stereocenters. The molecule has 0 bridgehead atoms. The topological polar surface area (TPSA) is 59.3 Å². The summed E-state index contributed by atoms with van der Waals surface area (Å²) >= 11 is 0. The lowest BCUT2D eigenvalue weighted by molar-refractivity contribution is -0.137. The van der Waals surface area contributed by atoms with E-state index in [0.717, 1.165) is 17.7 Å². The molecular weight excluding hydrogens is 407 g/mol. The predicted molar refractivity (Wildman–Crippen MR) is 112 cm³/mol. The summed E-state index contributed by atoms with van der Waals surface area (Å²) < 4.78 is 44.3. The van der Waals surface area contributed by atoms with Crippen LogP contribution >= 0.6 is 0 Å². The number of carbonyl (C=O) groups excluding carboxylic acids is 1. The smallest absolute Gasteiger partial charge is 0.416 e. The number of rotatable bonds is 3. The number of anilines is 1. The van der Waals surface area contributed by atoms with Crippen molar-refractivity contribution in [3.05, 3.63) is 99.7 Å². The van der Waals surface area contributed by atoms with Gasteiger partial charge in [-0.05, 0) is 49.4 Å². The van der Waals surface area contributed by atoms with Gasteiger partial charge in [0.05, 0.1) is 10.9 Å². The number of fused-ring (bicyclic) bond motifs is 1. The van der Waals surface area contributed by atoms with Crippen molar-refractivity contribution >= 4 is 22.6 Å². The zero-order valence-corrected chi connectivity index (χ0v) is 16.3. The molecule has 0 aliphatic rings. The van der Waals surface area contributed by atoms with Crippen molar-refractivity contribution < 1.29 is 22.4 Å². The Kier molecular flexibility index (Phi) is 5.10. The first-order valence-corrected chi connectivity index (χ1v) is 9.34. The lowest BCUT2D eigenvalue weighted by Gasteiger charge is -2.10. The molecule has 4 aromatic rings. The van der Waals surface area contributed by atoms with Gasteiger partial charge in [-0.1, -0.05) is 29.8 Å². The van der Waals surface area contributed by atoms with Gasteiger partial charge in [0, 0.05) is 22.9 Å². The van der Waals surface area contributed by atoms with Crippen molar-refractivity contribution in [3.8, 4) is 11.3 Å². The third-order valence-electron chi connectivity index (χ3n) is 4.76. The largest absolute Gasteiger partial charge is 0.456 e. The number of benzene rings is 3. The Morgan fingerprint density at radius 1 is 0.935 bits per heavy atom. The number of aryl methyl sites for hydroxylation is 1. The van der Waals surface area contributed by atoms with Crippen LogP contribution in [0.1, 0.15) is 21.5 Å². The van der Waals surface area contributed by atoms with Crippen LogP contribution in [0.4, 0.5) is 18.9 Å². The Labute approximate surface area is 174 Å². The van der Waals surface area contributed by atoms with E-state index in [-0.39, 0.29) is 16.7 Å². The Morgan fingerprint density at radius 2 is 1.68 bits per heavy atom. The van der Waals surface area contributed by atoms with E-state index in [1.54, 1.807) is 24.3 Å². The fourth-order valence-corrected chi connectivity index (χ4v) is 3.17. The predicted octanol–water partition coefficient (Wildman–Crippen LogP) is 6.04. The van der Waals surface area contributed by atoms with Gasteiger partial charge in [-0.3, -0.25) is 9.59 Å². The van der Waals surface area contributed by atoms with E-state index in [1.807, 2.05) is 13.0 Å². The van der Waals surface area contributed by atoms with E-state index in [2.05, 4.69) is 5.32 Å². The molecule has 0 radical (unpaired) electrons. The Hall–Kier alpha value is -3.87. The fourth-order valence-electron chi connectivity index (χ4n) is 3.17. The normalized spacial score (nSPS) is 11.5. The van der Waals surface area contributed by atoms with Crippen LogP contribution < -0.4 is 10.7 Å². The molecule has 0 saturated carbocycles.